The third-order valence-corrected chi connectivity index (χ3v) is 4.36. The molecular formula is C21H24O3. The summed E-state index contributed by atoms with van der Waals surface area (Å²) in [6.45, 7) is 8.08. The molecule has 3 nitrogen and oxygen atoms in total. The molecule has 0 aromatic heterocycles. The predicted molar refractivity (Wildman–Crippen MR) is 95.8 cm³/mol. The average Bonchev–Trinajstić information content (AvgIpc) is 2.62. The SMILES string of the molecule is C=CC(c1ccc(C(C)C)cc1)C(O)(C(=O)OC)c1ccccc1. The molecule has 1 N–H and O–H groups in total. The zero-order valence-corrected chi connectivity index (χ0v) is 14.4. The van der Waals surface area contributed by atoms with Crippen LogP contribution in [-0.2, 0) is 15.1 Å². The second-order valence-corrected chi connectivity index (χ2v) is 6.16. The molecule has 0 radical (unpaired) electrons. The Morgan fingerprint density at radius 2 is 1.62 bits per heavy atom. The molecule has 24 heavy (non-hydrogen) atoms. The highest BCUT2D eigenvalue weighted by Crippen LogP contribution is 2.39. The van der Waals surface area contributed by atoms with E-state index < -0.39 is 17.5 Å². The molecule has 0 spiro atoms. The number of benzene rings is 2. The number of rotatable bonds is 6. The smallest absolute Gasteiger partial charge is 0.343 e. The summed E-state index contributed by atoms with van der Waals surface area (Å²) in [6, 6.07) is 16.7. The van der Waals surface area contributed by atoms with E-state index >= 15 is 0 Å². The second-order valence-electron chi connectivity index (χ2n) is 6.16. The zero-order valence-electron chi connectivity index (χ0n) is 14.4. The Bertz CT molecular complexity index is 689. The van der Waals surface area contributed by atoms with Crippen molar-refractivity contribution >= 4 is 5.97 Å². The third-order valence-electron chi connectivity index (χ3n) is 4.36. The van der Waals surface area contributed by atoms with Crippen LogP contribution in [0.3, 0.4) is 0 Å². The van der Waals surface area contributed by atoms with Gasteiger partial charge in [0.15, 0.2) is 5.60 Å². The van der Waals surface area contributed by atoms with Crippen LogP contribution in [0.15, 0.2) is 67.3 Å². The van der Waals surface area contributed by atoms with Gasteiger partial charge in [0.2, 0.25) is 0 Å². The van der Waals surface area contributed by atoms with Gasteiger partial charge in [0.25, 0.3) is 0 Å². The van der Waals surface area contributed by atoms with Gasteiger partial charge in [-0.1, -0.05) is 74.5 Å². The monoisotopic (exact) mass is 324 g/mol. The summed E-state index contributed by atoms with van der Waals surface area (Å²) in [7, 11) is 1.28. The van der Waals surface area contributed by atoms with Crippen LogP contribution < -0.4 is 0 Å². The van der Waals surface area contributed by atoms with Gasteiger partial charge in [0, 0.05) is 5.92 Å². The minimum Gasteiger partial charge on any atom is -0.467 e. The molecule has 2 aromatic rings. The quantitative estimate of drug-likeness (QED) is 0.641. The Morgan fingerprint density at radius 3 is 2.08 bits per heavy atom. The summed E-state index contributed by atoms with van der Waals surface area (Å²) < 4.78 is 4.90. The highest BCUT2D eigenvalue weighted by atomic mass is 16.5. The zero-order chi connectivity index (χ0) is 17.7. The maximum atomic E-state index is 12.5. The van der Waals surface area contributed by atoms with Crippen molar-refractivity contribution in [2.24, 2.45) is 0 Å². The molecule has 0 heterocycles. The van der Waals surface area contributed by atoms with Crippen LogP contribution >= 0.6 is 0 Å². The average molecular weight is 324 g/mol. The van der Waals surface area contributed by atoms with Crippen molar-refractivity contribution in [1.82, 2.24) is 0 Å². The first-order chi connectivity index (χ1) is 11.4. The van der Waals surface area contributed by atoms with Crippen molar-refractivity contribution < 1.29 is 14.6 Å². The van der Waals surface area contributed by atoms with Crippen LogP contribution in [0, 0.1) is 0 Å². The van der Waals surface area contributed by atoms with Crippen LogP contribution in [-0.4, -0.2) is 18.2 Å². The van der Waals surface area contributed by atoms with Gasteiger partial charge in [-0.05, 0) is 22.6 Å². The van der Waals surface area contributed by atoms with E-state index in [0.717, 1.165) is 5.56 Å². The summed E-state index contributed by atoms with van der Waals surface area (Å²) in [5, 5.41) is 11.3. The lowest BCUT2D eigenvalue weighted by molar-refractivity contribution is -0.165. The molecule has 2 rings (SSSR count). The number of aliphatic hydroxyl groups is 1. The van der Waals surface area contributed by atoms with Crippen molar-refractivity contribution in [3.63, 3.8) is 0 Å². The van der Waals surface area contributed by atoms with E-state index in [2.05, 4.69) is 20.4 Å². The van der Waals surface area contributed by atoms with E-state index in [4.69, 9.17) is 4.74 Å². The molecule has 3 heteroatoms. The lowest BCUT2D eigenvalue weighted by Crippen LogP contribution is -2.42. The number of esters is 1. The first-order valence-electron chi connectivity index (χ1n) is 8.03. The highest BCUT2D eigenvalue weighted by molar-refractivity contribution is 5.83. The van der Waals surface area contributed by atoms with E-state index in [1.54, 1.807) is 30.3 Å². The lowest BCUT2D eigenvalue weighted by atomic mass is 9.77. The molecule has 126 valence electrons. The maximum Gasteiger partial charge on any atom is 0.343 e. The van der Waals surface area contributed by atoms with E-state index in [9.17, 15) is 9.90 Å². The molecule has 0 aliphatic heterocycles. The normalized spacial score (nSPS) is 14.7. The Labute approximate surface area is 143 Å². The van der Waals surface area contributed by atoms with Crippen LogP contribution in [0.4, 0.5) is 0 Å². The van der Waals surface area contributed by atoms with Gasteiger partial charge in [0.1, 0.15) is 0 Å². The number of hydrogen-bond acceptors (Lipinski definition) is 3. The van der Waals surface area contributed by atoms with Gasteiger partial charge < -0.3 is 9.84 Å². The van der Waals surface area contributed by atoms with Gasteiger partial charge in [-0.25, -0.2) is 4.79 Å². The predicted octanol–water partition coefficient (Wildman–Crippen LogP) is 4.14. The molecule has 0 amide bonds. The van der Waals surface area contributed by atoms with Crippen LogP contribution in [0.2, 0.25) is 0 Å². The molecular weight excluding hydrogens is 300 g/mol. The fraction of sp³-hybridized carbons (Fsp3) is 0.286. The Balaban J connectivity index is 2.54. The maximum absolute atomic E-state index is 12.5. The van der Waals surface area contributed by atoms with Crippen molar-refractivity contribution in [2.45, 2.75) is 31.3 Å². The van der Waals surface area contributed by atoms with Crippen LogP contribution in [0.5, 0.6) is 0 Å². The van der Waals surface area contributed by atoms with E-state index in [1.165, 1.54) is 12.7 Å². The number of hydrogen-bond donors (Lipinski definition) is 1. The summed E-state index contributed by atoms with van der Waals surface area (Å²) in [6.07, 6.45) is 1.59. The first-order valence-corrected chi connectivity index (χ1v) is 8.03. The summed E-state index contributed by atoms with van der Waals surface area (Å²) >= 11 is 0. The van der Waals surface area contributed by atoms with Crippen LogP contribution in [0.1, 0.15) is 42.4 Å². The molecule has 0 saturated carbocycles. The number of carbonyl (C=O) groups excluding carboxylic acids is 1. The highest BCUT2D eigenvalue weighted by Gasteiger charge is 2.46. The van der Waals surface area contributed by atoms with Crippen molar-refractivity contribution in [2.75, 3.05) is 7.11 Å². The summed E-state index contributed by atoms with van der Waals surface area (Å²) in [5.41, 5.74) is 0.667. The Kier molecular flexibility index (Phi) is 5.58. The second kappa shape index (κ2) is 7.45. The molecule has 0 saturated heterocycles. The molecule has 2 atom stereocenters. The minimum absolute atomic E-state index is 0.412. The topological polar surface area (TPSA) is 46.5 Å². The first kappa shape index (κ1) is 18.0. The molecule has 0 bridgehead atoms. The third kappa shape index (κ3) is 3.26. The van der Waals surface area contributed by atoms with Gasteiger partial charge in [-0.2, -0.15) is 0 Å². The van der Waals surface area contributed by atoms with Crippen molar-refractivity contribution in [3.05, 3.63) is 83.9 Å². The molecule has 0 fully saturated rings. The van der Waals surface area contributed by atoms with Crippen molar-refractivity contribution in [1.29, 1.82) is 0 Å². The molecule has 0 aliphatic carbocycles. The largest absolute Gasteiger partial charge is 0.467 e. The standard InChI is InChI=1S/C21H24O3/c1-5-19(17-13-11-16(12-14-17)15(2)3)21(23,20(22)24-4)18-9-7-6-8-10-18/h5-15,19,23H,1H2,2-4H3. The Morgan fingerprint density at radius 1 is 1.08 bits per heavy atom. The fourth-order valence-corrected chi connectivity index (χ4v) is 2.91. The number of ether oxygens (including phenoxy) is 1. The van der Waals surface area contributed by atoms with Gasteiger partial charge in [0.05, 0.1) is 7.11 Å². The number of methoxy groups -OCH3 is 1. The van der Waals surface area contributed by atoms with E-state index in [-0.39, 0.29) is 0 Å². The van der Waals surface area contributed by atoms with Gasteiger partial charge >= 0.3 is 5.97 Å². The summed E-state index contributed by atoms with van der Waals surface area (Å²) in [5.74, 6) is -0.907. The molecule has 2 unspecified atom stereocenters. The molecule has 2 aromatic carbocycles. The summed E-state index contributed by atoms with van der Waals surface area (Å²) in [4.78, 5) is 12.5. The number of carbonyl (C=O) groups is 1. The lowest BCUT2D eigenvalue weighted by Gasteiger charge is -2.32. The van der Waals surface area contributed by atoms with Crippen molar-refractivity contribution in [3.8, 4) is 0 Å². The van der Waals surface area contributed by atoms with E-state index in [0.29, 0.717) is 11.5 Å². The van der Waals surface area contributed by atoms with Gasteiger partial charge in [-0.3, -0.25) is 0 Å². The minimum atomic E-state index is -1.82. The van der Waals surface area contributed by atoms with Crippen LogP contribution in [0.25, 0.3) is 0 Å². The Hall–Kier alpha value is -2.39. The molecule has 0 aliphatic rings. The fourth-order valence-electron chi connectivity index (χ4n) is 2.91. The van der Waals surface area contributed by atoms with E-state index in [1.807, 2.05) is 30.3 Å². The van der Waals surface area contributed by atoms with Gasteiger partial charge in [-0.15, -0.1) is 6.58 Å².